The Labute approximate surface area is 446 Å². The predicted octanol–water partition coefficient (Wildman–Crippen LogP) is -5.63. The highest BCUT2D eigenvalue weighted by Crippen LogP contribution is 2.22. The molecule has 0 bridgehead atoms. The number of likely N-dealkylation sites (tertiary alicyclic amines) is 1. The number of halogens is 1. The van der Waals surface area contributed by atoms with E-state index in [1.807, 2.05) is 0 Å². The Bertz CT molecular complexity index is 2150. The van der Waals surface area contributed by atoms with Crippen LogP contribution in [0.5, 0.6) is 0 Å². The van der Waals surface area contributed by atoms with Crippen molar-refractivity contribution in [2.45, 2.75) is 139 Å². The maximum absolute atomic E-state index is 15.3. The molecular weight excluding hydrogens is 1010 g/mol. The molecule has 2 heterocycles. The molecule has 0 aromatic carbocycles. The average Bonchev–Trinajstić information content (AvgIpc) is 4.07. The van der Waals surface area contributed by atoms with Crippen molar-refractivity contribution in [2.75, 3.05) is 58.9 Å². The quantitative estimate of drug-likeness (QED) is 0.0128. The van der Waals surface area contributed by atoms with Gasteiger partial charge in [-0.05, 0) is 104 Å². The van der Waals surface area contributed by atoms with E-state index in [9.17, 15) is 48.3 Å². The standard InChI is InChI=1S/C47H82FN19O10/c1-28(61-38(69)22-31(68)23-53)40(71)59-25-39(70)62-35(12-8-17-52)46(77)67-26-29(48)20-37(67)45(76)66-36(21-30-24-56-27-60-30)44(75)65-33(11-3-5-15-50)42(73)64-34(13-9-19-58-47(54)55)43(74)63-32(10-2-4-14-49)41(72)57-18-7-6-16-51/h13,24,27-29,31-33,36-37,68H,2-12,14-23,25-26,49-53H2,1H3,(H,56,60)(H,57,72)(H,59,71)(H,61,69)(H,63,74)(H,64,73)(H,65,75)(H,66,76)(H4,54,55,58)/b34-13-,62-35+/t28-,29+,31+,32-,33-,36-,37-/m0/s1. The molecule has 0 spiro atoms. The van der Waals surface area contributed by atoms with E-state index in [0.29, 0.717) is 63.9 Å². The number of aliphatic hydroxyl groups excluding tert-OH is 1. The first-order valence-electron chi connectivity index (χ1n) is 25.8. The van der Waals surface area contributed by atoms with E-state index in [0.717, 1.165) is 4.90 Å². The normalized spacial score (nSPS) is 16.4. The zero-order valence-corrected chi connectivity index (χ0v) is 43.8. The Balaban J connectivity index is 2.42. The number of alkyl halides is 1. The monoisotopic (exact) mass is 1090 g/mol. The molecule has 7 atom stereocenters. The Kier molecular flexibility index (Phi) is 31.7. The first-order chi connectivity index (χ1) is 36.8. The number of aromatic amines is 1. The molecule has 0 unspecified atom stereocenters. The van der Waals surface area contributed by atoms with Crippen LogP contribution in [0.1, 0.15) is 96.1 Å². The van der Waals surface area contributed by atoms with Gasteiger partial charge in [0.05, 0.1) is 31.9 Å². The summed E-state index contributed by atoms with van der Waals surface area (Å²) < 4.78 is 15.3. The number of nitrogens with zero attached hydrogens (tertiary/aromatic N) is 3. The van der Waals surface area contributed by atoms with Crippen LogP contribution < -0.4 is 76.9 Å². The number of aliphatic imine (C=N–C) groups is 1. The minimum Gasteiger partial charge on any atom is -0.391 e. The molecule has 9 amide bonds. The molecular formula is C47H82FN19O10. The average molecular weight is 1090 g/mol. The molecule has 2 rings (SSSR count). The fraction of sp³-hybridized carbons (Fsp3) is 0.660. The van der Waals surface area contributed by atoms with Gasteiger partial charge in [-0.15, -0.1) is 0 Å². The Morgan fingerprint density at radius 1 is 0.818 bits per heavy atom. The number of nitrogens with one attached hydrogen (secondary N) is 10. The number of hydrogen-bond donors (Lipinski definition) is 17. The summed E-state index contributed by atoms with van der Waals surface area (Å²) in [5.41, 5.74) is 33.2. The van der Waals surface area contributed by atoms with Crippen LogP contribution in [0.15, 0.2) is 29.3 Å². The molecule has 1 saturated heterocycles. The fourth-order valence-corrected chi connectivity index (χ4v) is 7.65. The van der Waals surface area contributed by atoms with Gasteiger partial charge in [0.1, 0.15) is 47.8 Å². The second kappa shape index (κ2) is 36.9. The summed E-state index contributed by atoms with van der Waals surface area (Å²) in [7, 11) is 0. The van der Waals surface area contributed by atoms with E-state index in [-0.39, 0.29) is 82.8 Å². The molecule has 1 aliphatic heterocycles. The van der Waals surface area contributed by atoms with Gasteiger partial charge in [-0.1, -0.05) is 6.08 Å². The highest BCUT2D eigenvalue weighted by Gasteiger charge is 2.42. The van der Waals surface area contributed by atoms with E-state index in [1.165, 1.54) is 25.5 Å². The van der Waals surface area contributed by atoms with Gasteiger partial charge in [0.2, 0.25) is 35.4 Å². The molecule has 0 radical (unpaired) electrons. The molecule has 30 heteroatoms. The van der Waals surface area contributed by atoms with Crippen molar-refractivity contribution >= 4 is 64.8 Å². The maximum atomic E-state index is 15.3. The summed E-state index contributed by atoms with van der Waals surface area (Å²) in [6, 6.07) is -6.56. The van der Waals surface area contributed by atoms with E-state index in [1.54, 1.807) is 0 Å². The number of guanidine groups is 1. The number of aromatic nitrogens is 2. The van der Waals surface area contributed by atoms with E-state index in [2.05, 4.69) is 57.5 Å². The van der Waals surface area contributed by atoms with Crippen molar-refractivity contribution in [1.82, 2.24) is 57.4 Å². The minimum absolute atomic E-state index is 0.00914. The van der Waals surface area contributed by atoms with Gasteiger partial charge in [-0.2, -0.15) is 0 Å². The minimum atomic E-state index is -1.73. The van der Waals surface area contributed by atoms with Crippen LogP contribution >= 0.6 is 0 Å². The van der Waals surface area contributed by atoms with Gasteiger partial charge in [0.15, 0.2) is 5.96 Å². The smallest absolute Gasteiger partial charge is 0.269 e. The topological polar surface area (TPSA) is 494 Å². The second-order valence-corrected chi connectivity index (χ2v) is 18.3. The van der Waals surface area contributed by atoms with Crippen LogP contribution in [0.2, 0.25) is 0 Å². The van der Waals surface area contributed by atoms with Crippen molar-refractivity contribution in [3.05, 3.63) is 30.0 Å². The summed E-state index contributed by atoms with van der Waals surface area (Å²) >= 11 is 0. The van der Waals surface area contributed by atoms with E-state index in [4.69, 9.17) is 39.8 Å². The number of nitrogens with two attached hydrogens (primary N) is 6. The van der Waals surface area contributed by atoms with Crippen molar-refractivity contribution in [2.24, 2.45) is 39.4 Å². The number of unbranched alkanes of at least 4 members (excludes halogenated alkanes) is 3. The van der Waals surface area contributed by atoms with Gasteiger partial charge >= 0.3 is 0 Å². The highest BCUT2D eigenvalue weighted by atomic mass is 19.1. The fourth-order valence-electron chi connectivity index (χ4n) is 7.65. The van der Waals surface area contributed by atoms with E-state index >= 15 is 4.39 Å². The number of rotatable bonds is 37. The van der Waals surface area contributed by atoms with Crippen LogP contribution in [-0.4, -0.2) is 186 Å². The molecule has 0 saturated carbocycles. The number of aliphatic hydroxyl groups is 1. The van der Waals surface area contributed by atoms with Gasteiger partial charge in [-0.25, -0.2) is 14.4 Å². The molecule has 0 aliphatic carbocycles. The molecule has 77 heavy (non-hydrogen) atoms. The van der Waals surface area contributed by atoms with Crippen molar-refractivity contribution in [1.29, 1.82) is 5.41 Å². The van der Waals surface area contributed by atoms with Crippen LogP contribution in [0.3, 0.4) is 0 Å². The van der Waals surface area contributed by atoms with Crippen LogP contribution in [0.4, 0.5) is 4.39 Å². The second-order valence-electron chi connectivity index (χ2n) is 18.3. The number of H-pyrrole nitrogens is 1. The lowest BCUT2D eigenvalue weighted by Gasteiger charge is -2.27. The first kappa shape index (κ1) is 66.1. The molecule has 432 valence electrons. The van der Waals surface area contributed by atoms with Crippen LogP contribution in [0.25, 0.3) is 0 Å². The van der Waals surface area contributed by atoms with Crippen molar-refractivity contribution < 1.29 is 52.6 Å². The molecule has 1 aromatic rings. The third-order valence-electron chi connectivity index (χ3n) is 11.8. The van der Waals surface area contributed by atoms with Gasteiger partial charge in [0.25, 0.3) is 17.7 Å². The molecule has 1 aliphatic rings. The molecule has 23 N–H and O–H groups in total. The Morgan fingerprint density at radius 2 is 1.47 bits per heavy atom. The zero-order valence-electron chi connectivity index (χ0n) is 43.8. The first-order valence-corrected chi connectivity index (χ1v) is 25.8. The maximum Gasteiger partial charge on any atom is 0.269 e. The lowest BCUT2D eigenvalue weighted by molar-refractivity contribution is -0.136. The Morgan fingerprint density at radius 3 is 2.08 bits per heavy atom. The molecule has 29 nitrogen and oxygen atoms in total. The largest absolute Gasteiger partial charge is 0.391 e. The third kappa shape index (κ3) is 25.6. The van der Waals surface area contributed by atoms with Crippen molar-refractivity contribution in [3.63, 3.8) is 0 Å². The number of carbonyl (C=O) groups is 9. The van der Waals surface area contributed by atoms with Crippen LogP contribution in [0, 0.1) is 5.41 Å². The highest BCUT2D eigenvalue weighted by molar-refractivity contribution is 6.40. The number of imidazole rings is 1. The third-order valence-corrected chi connectivity index (χ3v) is 11.8. The SMILES string of the molecule is C[C@H](NC(=O)C[C@@H](O)CN)C(=O)NCC(=O)/N=C(\CCCN)C(=O)N1C[C@H](F)C[C@H]1C(=O)N[C@@H](Cc1cnc[nH]1)C(=O)N[C@@H](CCCCN)C(=O)N/C(=C\CCNC(=N)N)C(=O)N[C@@H](CCCCN)C(=O)NCCCCN. The number of hydrogen-bond acceptors (Lipinski definition) is 17. The van der Waals surface area contributed by atoms with Gasteiger partial charge in [-0.3, -0.25) is 48.6 Å². The summed E-state index contributed by atoms with van der Waals surface area (Å²) in [5.74, 6) is -7.83. The molecule has 1 aromatic heterocycles. The lowest BCUT2D eigenvalue weighted by Crippen LogP contribution is -2.57. The Hall–Kier alpha value is -6.99. The van der Waals surface area contributed by atoms with Gasteiger partial charge < -0.3 is 91.9 Å². The molecule has 1 fully saturated rings. The summed E-state index contributed by atoms with van der Waals surface area (Å²) in [5, 5.41) is 37.7. The summed E-state index contributed by atoms with van der Waals surface area (Å²) in [6.07, 6.45) is 3.38. The predicted molar refractivity (Wildman–Crippen MR) is 282 cm³/mol. The summed E-state index contributed by atoms with van der Waals surface area (Å²) in [4.78, 5) is 134. The zero-order chi connectivity index (χ0) is 57.3. The number of carbonyl (C=O) groups excluding carboxylic acids is 9. The van der Waals surface area contributed by atoms with Gasteiger partial charge in [0, 0.05) is 44.4 Å². The van der Waals surface area contributed by atoms with Crippen LogP contribution in [-0.2, 0) is 49.6 Å². The van der Waals surface area contributed by atoms with Crippen molar-refractivity contribution in [3.8, 4) is 0 Å². The summed E-state index contributed by atoms with van der Waals surface area (Å²) in [6.45, 7) is 1.28. The van der Waals surface area contributed by atoms with E-state index < -0.39 is 121 Å². The number of amides is 9. The lowest BCUT2D eigenvalue weighted by atomic mass is 10.1.